The molecule has 0 bridgehead atoms. The van der Waals surface area contributed by atoms with Crippen molar-refractivity contribution in [1.82, 2.24) is 0 Å². The fourth-order valence-corrected chi connectivity index (χ4v) is 2.22. The molecule has 0 unspecified atom stereocenters. The van der Waals surface area contributed by atoms with Crippen LogP contribution in [-0.4, -0.2) is 17.9 Å². The van der Waals surface area contributed by atoms with Gasteiger partial charge in [0, 0.05) is 17.3 Å². The zero-order valence-electron chi connectivity index (χ0n) is 11.7. The quantitative estimate of drug-likeness (QED) is 0.676. The van der Waals surface area contributed by atoms with Crippen molar-refractivity contribution in [2.45, 2.75) is 6.42 Å². The van der Waals surface area contributed by atoms with Gasteiger partial charge < -0.3 is 10.1 Å². The van der Waals surface area contributed by atoms with Crippen LogP contribution in [0.25, 0.3) is 0 Å². The van der Waals surface area contributed by atoms with Crippen LogP contribution in [0.15, 0.2) is 42.5 Å². The highest BCUT2D eigenvalue weighted by molar-refractivity contribution is 6.32. The van der Waals surface area contributed by atoms with Gasteiger partial charge in [-0.15, -0.1) is 0 Å². The number of carbonyl (C=O) groups is 1. The molecule has 0 fully saturated rings. The van der Waals surface area contributed by atoms with Gasteiger partial charge in [0.2, 0.25) is 5.91 Å². The van der Waals surface area contributed by atoms with Crippen molar-refractivity contribution in [1.29, 1.82) is 0 Å². The minimum Gasteiger partial charge on any atom is -0.495 e. The van der Waals surface area contributed by atoms with Crippen molar-refractivity contribution in [2.24, 2.45) is 0 Å². The molecule has 0 spiro atoms. The lowest BCUT2D eigenvalue weighted by molar-refractivity contribution is -0.385. The molecule has 0 radical (unpaired) electrons. The molecule has 0 saturated carbocycles. The SMILES string of the molecule is COc1ccc(NC(=O)Cc2ccccc2[N+](=O)[O-])cc1Cl. The lowest BCUT2D eigenvalue weighted by atomic mass is 10.1. The standard InChI is InChI=1S/C15H13ClN2O4/c1-22-14-7-6-11(9-12(14)16)17-15(19)8-10-4-2-3-5-13(10)18(20)21/h2-7,9H,8H2,1H3,(H,17,19). The summed E-state index contributed by atoms with van der Waals surface area (Å²) < 4.78 is 5.02. The van der Waals surface area contributed by atoms with Gasteiger partial charge in [-0.05, 0) is 18.2 Å². The van der Waals surface area contributed by atoms with Crippen molar-refractivity contribution < 1.29 is 14.5 Å². The van der Waals surface area contributed by atoms with E-state index in [4.69, 9.17) is 16.3 Å². The van der Waals surface area contributed by atoms with Gasteiger partial charge in [0.1, 0.15) is 5.75 Å². The third-order valence-corrected chi connectivity index (χ3v) is 3.27. The van der Waals surface area contributed by atoms with E-state index < -0.39 is 4.92 Å². The minimum atomic E-state index is -0.507. The molecule has 0 atom stereocenters. The number of hydrogen-bond donors (Lipinski definition) is 1. The summed E-state index contributed by atoms with van der Waals surface area (Å²) in [6.07, 6.45) is -0.0964. The second-order valence-corrected chi connectivity index (χ2v) is 4.87. The van der Waals surface area contributed by atoms with Gasteiger partial charge in [-0.1, -0.05) is 29.8 Å². The molecule has 0 aliphatic carbocycles. The van der Waals surface area contributed by atoms with Crippen molar-refractivity contribution in [3.63, 3.8) is 0 Å². The monoisotopic (exact) mass is 320 g/mol. The van der Waals surface area contributed by atoms with Crippen LogP contribution in [0.4, 0.5) is 11.4 Å². The first kappa shape index (κ1) is 15.8. The number of nitro benzene ring substituents is 1. The number of anilines is 1. The van der Waals surface area contributed by atoms with E-state index in [0.29, 0.717) is 22.0 Å². The van der Waals surface area contributed by atoms with Crippen LogP contribution in [-0.2, 0) is 11.2 Å². The first-order valence-electron chi connectivity index (χ1n) is 6.37. The van der Waals surface area contributed by atoms with Crippen LogP contribution in [0.5, 0.6) is 5.75 Å². The average Bonchev–Trinajstić information content (AvgIpc) is 2.47. The predicted molar refractivity (Wildman–Crippen MR) is 83.4 cm³/mol. The number of para-hydroxylation sites is 1. The van der Waals surface area contributed by atoms with Gasteiger partial charge >= 0.3 is 0 Å². The molecule has 1 amide bonds. The summed E-state index contributed by atoms with van der Waals surface area (Å²) in [5.41, 5.74) is 0.768. The minimum absolute atomic E-state index is 0.0783. The number of ether oxygens (including phenoxy) is 1. The van der Waals surface area contributed by atoms with E-state index in [9.17, 15) is 14.9 Å². The fraction of sp³-hybridized carbons (Fsp3) is 0.133. The van der Waals surface area contributed by atoms with Crippen LogP contribution < -0.4 is 10.1 Å². The predicted octanol–water partition coefficient (Wildman–Crippen LogP) is 3.44. The molecule has 0 aliphatic heterocycles. The van der Waals surface area contributed by atoms with Gasteiger partial charge in [-0.25, -0.2) is 0 Å². The molecular formula is C15H13ClN2O4. The van der Waals surface area contributed by atoms with E-state index >= 15 is 0 Å². The van der Waals surface area contributed by atoms with Crippen molar-refractivity contribution in [3.8, 4) is 5.75 Å². The summed E-state index contributed by atoms with van der Waals surface area (Å²) in [5.74, 6) is 0.133. The zero-order chi connectivity index (χ0) is 16.1. The maximum Gasteiger partial charge on any atom is 0.273 e. The van der Waals surface area contributed by atoms with Crippen LogP contribution in [0.3, 0.4) is 0 Å². The largest absolute Gasteiger partial charge is 0.495 e. The van der Waals surface area contributed by atoms with E-state index in [1.54, 1.807) is 36.4 Å². The van der Waals surface area contributed by atoms with Crippen LogP contribution in [0.1, 0.15) is 5.56 Å². The second-order valence-electron chi connectivity index (χ2n) is 4.46. The lowest BCUT2D eigenvalue weighted by Crippen LogP contribution is -2.15. The van der Waals surface area contributed by atoms with Gasteiger partial charge in [-0.2, -0.15) is 0 Å². The van der Waals surface area contributed by atoms with Crippen LogP contribution in [0, 0.1) is 10.1 Å². The summed E-state index contributed by atoms with van der Waals surface area (Å²) in [6, 6.07) is 11.0. The molecular weight excluding hydrogens is 308 g/mol. The lowest BCUT2D eigenvalue weighted by Gasteiger charge is -2.08. The maximum absolute atomic E-state index is 12.0. The van der Waals surface area contributed by atoms with Crippen molar-refractivity contribution in [3.05, 3.63) is 63.2 Å². The summed E-state index contributed by atoms with van der Waals surface area (Å²) in [7, 11) is 1.49. The van der Waals surface area contributed by atoms with Crippen molar-refractivity contribution in [2.75, 3.05) is 12.4 Å². The molecule has 2 aromatic rings. The van der Waals surface area contributed by atoms with E-state index in [0.717, 1.165) is 0 Å². The number of rotatable bonds is 5. The first-order valence-corrected chi connectivity index (χ1v) is 6.74. The van der Waals surface area contributed by atoms with E-state index in [2.05, 4.69) is 5.32 Å². The van der Waals surface area contributed by atoms with E-state index in [1.165, 1.54) is 13.2 Å². The summed E-state index contributed by atoms with van der Waals surface area (Å²) in [5, 5.41) is 13.9. The fourth-order valence-electron chi connectivity index (χ4n) is 1.96. The summed E-state index contributed by atoms with van der Waals surface area (Å²) in [4.78, 5) is 22.4. The number of methoxy groups -OCH3 is 1. The highest BCUT2D eigenvalue weighted by Gasteiger charge is 2.15. The Morgan fingerprint density at radius 1 is 1.32 bits per heavy atom. The number of benzene rings is 2. The van der Waals surface area contributed by atoms with Crippen LogP contribution in [0.2, 0.25) is 5.02 Å². The molecule has 0 aliphatic rings. The molecule has 0 heterocycles. The molecule has 114 valence electrons. The van der Waals surface area contributed by atoms with Crippen molar-refractivity contribution >= 4 is 28.9 Å². The van der Waals surface area contributed by atoms with Gasteiger partial charge in [0.15, 0.2) is 0 Å². The van der Waals surface area contributed by atoms with Gasteiger partial charge in [0.25, 0.3) is 5.69 Å². The molecule has 2 aromatic carbocycles. The van der Waals surface area contributed by atoms with E-state index in [-0.39, 0.29) is 18.0 Å². The Kier molecular flexibility index (Phi) is 4.95. The number of amides is 1. The number of hydrogen-bond acceptors (Lipinski definition) is 4. The summed E-state index contributed by atoms with van der Waals surface area (Å²) in [6.45, 7) is 0. The molecule has 2 rings (SSSR count). The number of nitrogens with zero attached hydrogens (tertiary/aromatic N) is 1. The molecule has 0 aromatic heterocycles. The Bertz CT molecular complexity index is 718. The molecule has 22 heavy (non-hydrogen) atoms. The highest BCUT2D eigenvalue weighted by Crippen LogP contribution is 2.27. The summed E-state index contributed by atoms with van der Waals surface area (Å²) >= 11 is 5.97. The maximum atomic E-state index is 12.0. The Morgan fingerprint density at radius 2 is 2.05 bits per heavy atom. The Hall–Kier alpha value is -2.60. The molecule has 0 saturated heterocycles. The van der Waals surface area contributed by atoms with Gasteiger partial charge in [-0.3, -0.25) is 14.9 Å². The Balaban J connectivity index is 2.11. The molecule has 7 heteroatoms. The molecule has 1 N–H and O–H groups in total. The van der Waals surface area contributed by atoms with E-state index in [1.807, 2.05) is 0 Å². The highest BCUT2D eigenvalue weighted by atomic mass is 35.5. The third-order valence-electron chi connectivity index (χ3n) is 2.97. The normalized spacial score (nSPS) is 10.1. The average molecular weight is 321 g/mol. The number of nitro groups is 1. The Labute approximate surface area is 131 Å². The van der Waals surface area contributed by atoms with Crippen LogP contribution >= 0.6 is 11.6 Å². The van der Waals surface area contributed by atoms with Gasteiger partial charge in [0.05, 0.1) is 23.5 Å². The number of halogens is 1. The Morgan fingerprint density at radius 3 is 2.68 bits per heavy atom. The molecule has 6 nitrogen and oxygen atoms in total. The number of carbonyl (C=O) groups excluding carboxylic acids is 1. The topological polar surface area (TPSA) is 81.5 Å². The smallest absolute Gasteiger partial charge is 0.273 e. The zero-order valence-corrected chi connectivity index (χ0v) is 12.5. The number of nitrogens with one attached hydrogen (secondary N) is 1. The first-order chi connectivity index (χ1) is 10.5. The third kappa shape index (κ3) is 3.73. The second kappa shape index (κ2) is 6.91.